The lowest BCUT2D eigenvalue weighted by Gasteiger charge is -2.26. The summed E-state index contributed by atoms with van der Waals surface area (Å²) in [6.07, 6.45) is 1.26. The van der Waals surface area contributed by atoms with Crippen LogP contribution in [0.4, 0.5) is 17.2 Å². The summed E-state index contributed by atoms with van der Waals surface area (Å²) in [5.41, 5.74) is 7.81. The van der Waals surface area contributed by atoms with Crippen LogP contribution >= 0.6 is 11.6 Å². The summed E-state index contributed by atoms with van der Waals surface area (Å²) < 4.78 is 0. The van der Waals surface area contributed by atoms with E-state index in [0.29, 0.717) is 5.69 Å². The van der Waals surface area contributed by atoms with Crippen LogP contribution in [0, 0.1) is 0 Å². The predicted molar refractivity (Wildman–Crippen MR) is 101 cm³/mol. The molecule has 1 aromatic heterocycles. The van der Waals surface area contributed by atoms with Crippen molar-refractivity contribution in [3.63, 3.8) is 0 Å². The number of hydrogen-bond acceptors (Lipinski definition) is 6. The Morgan fingerprint density at radius 2 is 1.64 bits per heavy atom. The van der Waals surface area contributed by atoms with Gasteiger partial charge in [0.15, 0.2) is 16.7 Å². The van der Waals surface area contributed by atoms with Crippen LogP contribution in [-0.2, 0) is 10.8 Å². The summed E-state index contributed by atoms with van der Waals surface area (Å²) in [7, 11) is 0. The van der Waals surface area contributed by atoms with Crippen LogP contribution in [-0.4, -0.2) is 15.1 Å². The highest BCUT2D eigenvalue weighted by molar-refractivity contribution is 6.32. The third kappa shape index (κ3) is 4.25. The number of hydrogen-bond donors (Lipinski definition) is 2. The number of anilines is 1. The molecule has 25 heavy (non-hydrogen) atoms. The van der Waals surface area contributed by atoms with Crippen molar-refractivity contribution in [2.75, 3.05) is 5.73 Å². The maximum atomic E-state index is 10.7. The molecule has 0 aliphatic carbocycles. The maximum Gasteiger partial charge on any atom is 0.165 e. The molecule has 0 saturated carbocycles. The van der Waals surface area contributed by atoms with Crippen molar-refractivity contribution in [1.29, 1.82) is 0 Å². The minimum absolute atomic E-state index is 0.0933. The van der Waals surface area contributed by atoms with Gasteiger partial charge in [0.25, 0.3) is 0 Å². The first-order valence-electron chi connectivity index (χ1n) is 7.97. The number of rotatable bonds is 2. The molecule has 0 aliphatic heterocycles. The molecule has 3 N–H and O–H groups in total. The summed E-state index contributed by atoms with van der Waals surface area (Å²) in [4.78, 5) is 7.70. The van der Waals surface area contributed by atoms with Gasteiger partial charge in [-0.15, -0.1) is 10.2 Å². The first-order chi connectivity index (χ1) is 11.4. The van der Waals surface area contributed by atoms with Gasteiger partial charge >= 0.3 is 0 Å². The van der Waals surface area contributed by atoms with Gasteiger partial charge in [0.1, 0.15) is 17.8 Å². The second-order valence-corrected chi connectivity index (χ2v) is 8.35. The Morgan fingerprint density at radius 3 is 2.16 bits per heavy atom. The fourth-order valence-electron chi connectivity index (χ4n) is 2.27. The van der Waals surface area contributed by atoms with E-state index in [1.165, 1.54) is 6.33 Å². The van der Waals surface area contributed by atoms with E-state index in [0.717, 1.165) is 11.1 Å². The van der Waals surface area contributed by atoms with Crippen molar-refractivity contribution in [1.82, 2.24) is 9.97 Å². The Hall–Kier alpha value is -2.21. The Bertz CT molecular complexity index is 799. The van der Waals surface area contributed by atoms with Crippen molar-refractivity contribution in [2.24, 2.45) is 10.2 Å². The summed E-state index contributed by atoms with van der Waals surface area (Å²) in [6, 6.07) is 3.84. The van der Waals surface area contributed by atoms with E-state index < -0.39 is 0 Å². The van der Waals surface area contributed by atoms with Crippen LogP contribution in [0.2, 0.25) is 5.15 Å². The molecule has 6 nitrogen and oxygen atoms in total. The van der Waals surface area contributed by atoms with Gasteiger partial charge in [0.05, 0.1) is 0 Å². The number of benzene rings is 1. The quantitative estimate of drug-likeness (QED) is 0.550. The standard InChI is InChI=1S/C18H24ClN5O/c1-17(2,3)10-7-11(18(4,5)6)14(25)12(8-10)23-24-13-15(19)21-9-22-16(13)20/h7-9,25H,1-6H3,(H2,20,21,22). The highest BCUT2D eigenvalue weighted by atomic mass is 35.5. The molecule has 2 rings (SSSR count). The molecule has 2 aromatic rings. The molecule has 1 aromatic carbocycles. The first-order valence-corrected chi connectivity index (χ1v) is 8.34. The second-order valence-electron chi connectivity index (χ2n) is 7.99. The number of aromatic hydroxyl groups is 1. The third-order valence-corrected chi connectivity index (χ3v) is 4.10. The minimum Gasteiger partial charge on any atom is -0.505 e. The number of nitrogen functional groups attached to an aromatic ring is 1. The van der Waals surface area contributed by atoms with Crippen molar-refractivity contribution in [3.05, 3.63) is 34.7 Å². The Morgan fingerprint density at radius 1 is 1.00 bits per heavy atom. The largest absolute Gasteiger partial charge is 0.505 e. The summed E-state index contributed by atoms with van der Waals surface area (Å²) >= 11 is 6.00. The van der Waals surface area contributed by atoms with Crippen molar-refractivity contribution in [3.8, 4) is 5.75 Å². The number of nitrogens with zero attached hydrogens (tertiary/aromatic N) is 4. The molecule has 0 atom stereocenters. The Kier molecular flexibility index (Phi) is 5.04. The van der Waals surface area contributed by atoms with Crippen LogP contribution in [0.15, 0.2) is 28.7 Å². The van der Waals surface area contributed by atoms with E-state index in [9.17, 15) is 5.11 Å². The van der Waals surface area contributed by atoms with Gasteiger partial charge in [0, 0.05) is 5.56 Å². The number of phenolic OH excluding ortho intramolecular Hbond substituents is 1. The van der Waals surface area contributed by atoms with E-state index in [4.69, 9.17) is 17.3 Å². The van der Waals surface area contributed by atoms with Gasteiger partial charge < -0.3 is 10.8 Å². The molecule has 0 saturated heterocycles. The number of nitrogens with two attached hydrogens (primary N) is 1. The third-order valence-electron chi connectivity index (χ3n) is 3.83. The summed E-state index contributed by atoms with van der Waals surface area (Å²) in [5.74, 6) is 0.224. The monoisotopic (exact) mass is 361 g/mol. The lowest BCUT2D eigenvalue weighted by atomic mass is 9.80. The van der Waals surface area contributed by atoms with Crippen molar-refractivity contribution in [2.45, 2.75) is 52.4 Å². The lowest BCUT2D eigenvalue weighted by molar-refractivity contribution is 0.446. The zero-order valence-corrected chi connectivity index (χ0v) is 16.2. The molecule has 0 unspecified atom stereocenters. The average Bonchev–Trinajstić information content (AvgIpc) is 2.45. The SMILES string of the molecule is CC(C)(C)c1cc(N=Nc2c(N)ncnc2Cl)c(O)c(C(C)(C)C)c1. The number of halogens is 1. The van der Waals surface area contributed by atoms with E-state index in [1.54, 1.807) is 0 Å². The fraction of sp³-hybridized carbons (Fsp3) is 0.444. The van der Waals surface area contributed by atoms with Gasteiger partial charge in [-0.05, 0) is 22.5 Å². The van der Waals surface area contributed by atoms with Crippen LogP contribution < -0.4 is 5.73 Å². The topological polar surface area (TPSA) is 96.8 Å². The van der Waals surface area contributed by atoms with Gasteiger partial charge in [-0.3, -0.25) is 0 Å². The zero-order valence-electron chi connectivity index (χ0n) is 15.4. The smallest absolute Gasteiger partial charge is 0.165 e. The van der Waals surface area contributed by atoms with E-state index in [-0.39, 0.29) is 33.2 Å². The molecule has 0 amide bonds. The number of aromatic nitrogens is 2. The highest BCUT2D eigenvalue weighted by Gasteiger charge is 2.25. The molecular weight excluding hydrogens is 338 g/mol. The molecule has 0 fully saturated rings. The molecular formula is C18H24ClN5O. The van der Waals surface area contributed by atoms with E-state index in [1.807, 2.05) is 32.9 Å². The summed E-state index contributed by atoms with van der Waals surface area (Å²) in [6.45, 7) is 12.4. The molecule has 1 heterocycles. The minimum atomic E-state index is -0.248. The molecule has 134 valence electrons. The molecule has 0 bridgehead atoms. The number of phenols is 1. The molecule has 0 aliphatic rings. The van der Waals surface area contributed by atoms with Crippen LogP contribution in [0.5, 0.6) is 5.75 Å². The van der Waals surface area contributed by atoms with Crippen LogP contribution in [0.25, 0.3) is 0 Å². The predicted octanol–water partition coefficient (Wildman–Crippen LogP) is 5.43. The van der Waals surface area contributed by atoms with Gasteiger partial charge in [-0.2, -0.15) is 0 Å². The number of azo groups is 1. The molecule has 0 radical (unpaired) electrons. The van der Waals surface area contributed by atoms with Gasteiger partial charge in [0.2, 0.25) is 0 Å². The van der Waals surface area contributed by atoms with Gasteiger partial charge in [-0.1, -0.05) is 59.2 Å². The zero-order chi connectivity index (χ0) is 19.0. The summed E-state index contributed by atoms with van der Waals surface area (Å²) in [5, 5.41) is 19.0. The fourth-order valence-corrected chi connectivity index (χ4v) is 2.44. The van der Waals surface area contributed by atoms with Gasteiger partial charge in [-0.25, -0.2) is 9.97 Å². The average molecular weight is 362 g/mol. The maximum absolute atomic E-state index is 10.7. The van der Waals surface area contributed by atoms with Crippen LogP contribution in [0.1, 0.15) is 52.7 Å². The Balaban J connectivity index is 2.63. The van der Waals surface area contributed by atoms with E-state index >= 15 is 0 Å². The second kappa shape index (κ2) is 6.59. The molecule has 7 heteroatoms. The lowest BCUT2D eigenvalue weighted by Crippen LogP contribution is -2.16. The normalized spacial score (nSPS) is 12.8. The van der Waals surface area contributed by atoms with Crippen molar-refractivity contribution >= 4 is 28.8 Å². The van der Waals surface area contributed by atoms with Crippen molar-refractivity contribution < 1.29 is 5.11 Å². The molecule has 0 spiro atoms. The first kappa shape index (κ1) is 19.1. The Labute approximate surface area is 153 Å². The van der Waals surface area contributed by atoms with E-state index in [2.05, 4.69) is 41.0 Å². The van der Waals surface area contributed by atoms with Crippen LogP contribution in [0.3, 0.4) is 0 Å². The highest BCUT2D eigenvalue weighted by Crippen LogP contribution is 2.42.